The summed E-state index contributed by atoms with van der Waals surface area (Å²) in [7, 11) is 1.49. The van der Waals surface area contributed by atoms with Gasteiger partial charge in [-0.05, 0) is 166 Å². The van der Waals surface area contributed by atoms with Crippen molar-refractivity contribution in [3.63, 3.8) is 0 Å². The van der Waals surface area contributed by atoms with E-state index in [4.69, 9.17) is 51.7 Å². The lowest BCUT2D eigenvalue weighted by molar-refractivity contribution is -0.0925. The van der Waals surface area contributed by atoms with Gasteiger partial charge in [0.2, 0.25) is 0 Å². The molecular formula is C77H109N4O13P. The topological polar surface area (TPSA) is 183 Å². The summed E-state index contributed by atoms with van der Waals surface area (Å²) in [5.74, 6) is 12.3. The molecule has 95 heavy (non-hydrogen) atoms. The highest BCUT2D eigenvalue weighted by Gasteiger charge is 2.59. The molecule has 520 valence electrons. The first kappa shape index (κ1) is 74.0. The summed E-state index contributed by atoms with van der Waals surface area (Å²) < 4.78 is 71.9. The second kappa shape index (κ2) is 35.5. The number of nitrogens with zero attached hydrogens (tertiary/aromatic N) is 3. The number of benzene rings is 3. The van der Waals surface area contributed by atoms with Gasteiger partial charge < -0.3 is 51.7 Å². The third-order valence-corrected chi connectivity index (χ3v) is 23.5. The molecule has 5 aliphatic rings. The fourth-order valence-electron chi connectivity index (χ4n) is 16.6. The van der Waals surface area contributed by atoms with Gasteiger partial charge >= 0.3 is 5.69 Å². The van der Waals surface area contributed by atoms with E-state index in [9.17, 15) is 14.9 Å². The van der Waals surface area contributed by atoms with Crippen LogP contribution in [-0.2, 0) is 47.8 Å². The number of rotatable bonds is 36. The number of aromatic nitrogens is 2. The van der Waals surface area contributed by atoms with Crippen molar-refractivity contribution in [3.8, 4) is 29.4 Å². The molecule has 1 saturated heterocycles. The molecule has 4 fully saturated rings. The predicted molar refractivity (Wildman–Crippen MR) is 371 cm³/mol. The van der Waals surface area contributed by atoms with Crippen LogP contribution in [0.3, 0.4) is 0 Å². The van der Waals surface area contributed by atoms with E-state index >= 15 is 0 Å². The monoisotopic (exact) mass is 1330 g/mol. The van der Waals surface area contributed by atoms with E-state index < -0.39 is 43.8 Å². The Bertz CT molecular complexity index is 3210. The minimum absolute atomic E-state index is 0.0127. The second-order valence-corrected chi connectivity index (χ2v) is 29.7. The standard InChI is InChI=1S/C77H109N4O13P/c1-54(2)18-15-19-57(7)67-33-34-68-66-32-27-62-50-65(35-37-75(62,8)69(66)36-38-76(67,68)9)90-49-48-89-47-46-88-45-44-87-43-42-86-40-16-20-58-52-80(74(83)79-73(58)82)72-51-70(94-95(92-41-17-39-78)81(55(3)4)56(5)6)71(93-72)53-91-77(59-21-13-12-14-22-59,60-23-28-63(84-10)29-24-60)61-25-30-64(85-11)31-26-61/h12-14,21-31,52,54-57,65-72H,15,17-19,32-38,40-51,53H2,1-11H3,(H,79,82,83)/t57-,65+,66+,67-,68+,69+,70+,71-,72-,75+,76-,95?/m1/s1. The number of ether oxygens (including phenoxy) is 9. The minimum Gasteiger partial charge on any atom is -0.497 e. The van der Waals surface area contributed by atoms with Crippen molar-refractivity contribution in [2.45, 2.75) is 188 Å². The maximum Gasteiger partial charge on any atom is 0.330 e. The van der Waals surface area contributed by atoms with Crippen molar-refractivity contribution in [2.75, 3.05) is 86.9 Å². The van der Waals surface area contributed by atoms with Gasteiger partial charge in [-0.3, -0.25) is 14.3 Å². The largest absolute Gasteiger partial charge is 0.497 e. The summed E-state index contributed by atoms with van der Waals surface area (Å²) in [6.45, 7) is 24.6. The van der Waals surface area contributed by atoms with Crippen LogP contribution in [0.15, 0.2) is 106 Å². The van der Waals surface area contributed by atoms with Gasteiger partial charge in [-0.1, -0.05) is 132 Å². The molecule has 1 aromatic heterocycles. The van der Waals surface area contributed by atoms with E-state index in [2.05, 4.69) is 96.0 Å². The molecule has 1 unspecified atom stereocenters. The zero-order valence-corrected chi connectivity index (χ0v) is 59.5. The molecule has 1 N–H and O–H groups in total. The summed E-state index contributed by atoms with van der Waals surface area (Å²) in [6.07, 6.45) is 16.8. The maximum absolute atomic E-state index is 13.8. The van der Waals surface area contributed by atoms with Gasteiger partial charge in [-0.15, -0.1) is 0 Å². The molecular weight excluding hydrogens is 1220 g/mol. The molecule has 3 aromatic carbocycles. The first-order valence-electron chi connectivity index (χ1n) is 35.3. The molecule has 0 amide bonds. The molecule has 18 heteroatoms. The van der Waals surface area contributed by atoms with Gasteiger partial charge in [0.05, 0.1) is 105 Å². The van der Waals surface area contributed by atoms with E-state index in [0.717, 1.165) is 65.0 Å². The fourth-order valence-corrected chi connectivity index (χ4v) is 18.4. The molecule has 3 saturated carbocycles. The number of aromatic amines is 1. The van der Waals surface area contributed by atoms with E-state index in [1.807, 2.05) is 78.9 Å². The average molecular weight is 1330 g/mol. The van der Waals surface area contributed by atoms with Crippen LogP contribution in [0.5, 0.6) is 11.5 Å². The lowest BCUT2D eigenvalue weighted by Crippen LogP contribution is -2.51. The summed E-state index contributed by atoms with van der Waals surface area (Å²) in [4.78, 5) is 29.6. The predicted octanol–water partition coefficient (Wildman–Crippen LogP) is 14.4. The quantitative estimate of drug-likeness (QED) is 0.0149. The summed E-state index contributed by atoms with van der Waals surface area (Å²) in [5.41, 5.74) is 2.54. The van der Waals surface area contributed by atoms with Crippen LogP contribution in [0, 0.1) is 69.5 Å². The van der Waals surface area contributed by atoms with Crippen molar-refractivity contribution >= 4 is 8.53 Å². The van der Waals surface area contributed by atoms with E-state index in [1.165, 1.54) is 68.6 Å². The summed E-state index contributed by atoms with van der Waals surface area (Å²) in [5, 5.41) is 9.52. The smallest absolute Gasteiger partial charge is 0.330 e. The number of hydrogen-bond acceptors (Lipinski definition) is 15. The highest BCUT2D eigenvalue weighted by atomic mass is 31.2. The second-order valence-electron chi connectivity index (χ2n) is 28.3. The number of H-pyrrole nitrogens is 1. The van der Waals surface area contributed by atoms with Crippen LogP contribution >= 0.6 is 8.53 Å². The van der Waals surface area contributed by atoms with E-state index in [1.54, 1.807) is 19.8 Å². The molecule has 2 heterocycles. The van der Waals surface area contributed by atoms with Crippen molar-refractivity contribution in [2.24, 2.45) is 46.3 Å². The first-order chi connectivity index (χ1) is 45.9. The maximum atomic E-state index is 13.8. The Kier molecular flexibility index (Phi) is 27.7. The Morgan fingerprint density at radius 1 is 0.747 bits per heavy atom. The van der Waals surface area contributed by atoms with E-state index in [-0.39, 0.29) is 63.0 Å². The molecule has 0 radical (unpaired) electrons. The number of fused-ring (bicyclic) bond motifs is 5. The van der Waals surface area contributed by atoms with Crippen LogP contribution in [0.25, 0.3) is 0 Å². The number of nitrogens with one attached hydrogen (secondary N) is 1. The Hall–Kier alpha value is -5.24. The van der Waals surface area contributed by atoms with Gasteiger partial charge in [-0.25, -0.2) is 9.46 Å². The van der Waals surface area contributed by atoms with Crippen molar-refractivity contribution < 1.29 is 51.7 Å². The van der Waals surface area contributed by atoms with Crippen LogP contribution in [-0.4, -0.2) is 132 Å². The third kappa shape index (κ3) is 18.4. The molecule has 12 atom stereocenters. The molecule has 1 aliphatic heterocycles. The molecule has 4 aliphatic carbocycles. The SMILES string of the molecule is COc1ccc(C(OC[C@H]2O[C@@H](n3cc(C#CCOCCOCCOCCOCCO[C@H]4CC[C@@]5(C)C(=CC[C@H]6[C@@H]7CC[C@H]([C@H](C)CCCC(C)C)[C@@]7(C)CC[C@@H]65)C4)c(=O)[nH]c3=O)C[C@@H]2OP(OCCC#N)N(C(C)C)C(C)C)(c2ccccc2)c2ccc(OC)cc2)cc1. The Balaban J connectivity index is 0.730. The normalized spacial score (nSPS) is 25.6. The summed E-state index contributed by atoms with van der Waals surface area (Å²) >= 11 is 0. The fraction of sp³-hybridized carbons (Fsp3) is 0.649. The third-order valence-electron chi connectivity index (χ3n) is 21.3. The zero-order valence-electron chi connectivity index (χ0n) is 58.7. The Labute approximate surface area is 567 Å². The van der Waals surface area contributed by atoms with Crippen LogP contribution in [0.4, 0.5) is 0 Å². The highest BCUT2D eigenvalue weighted by Crippen LogP contribution is 2.67. The van der Waals surface area contributed by atoms with Gasteiger partial charge in [0, 0.05) is 24.7 Å². The van der Waals surface area contributed by atoms with Crippen molar-refractivity contribution in [3.05, 3.63) is 140 Å². The average Bonchev–Trinajstić information content (AvgIpc) is 1.70. The molecule has 0 spiro atoms. The zero-order chi connectivity index (χ0) is 67.5. The van der Waals surface area contributed by atoms with Gasteiger partial charge in [0.1, 0.15) is 41.6 Å². The molecule has 9 rings (SSSR count). The number of nitriles is 1. The van der Waals surface area contributed by atoms with Crippen LogP contribution < -0.4 is 20.7 Å². The van der Waals surface area contributed by atoms with Crippen LogP contribution in [0.1, 0.15) is 174 Å². The van der Waals surface area contributed by atoms with Gasteiger partial charge in [0.25, 0.3) is 14.1 Å². The van der Waals surface area contributed by atoms with Crippen molar-refractivity contribution in [1.29, 1.82) is 5.26 Å². The highest BCUT2D eigenvalue weighted by molar-refractivity contribution is 7.44. The number of allylic oxidation sites excluding steroid dienone is 1. The number of methoxy groups -OCH3 is 2. The molecule has 4 aromatic rings. The lowest BCUT2D eigenvalue weighted by Gasteiger charge is -2.58. The van der Waals surface area contributed by atoms with Crippen LogP contribution in [0.2, 0.25) is 0 Å². The lowest BCUT2D eigenvalue weighted by atomic mass is 9.47. The summed E-state index contributed by atoms with van der Waals surface area (Å²) in [6, 6.07) is 27.6. The Morgan fingerprint density at radius 2 is 1.38 bits per heavy atom. The first-order valence-corrected chi connectivity index (χ1v) is 36.4. The number of hydrogen-bond donors (Lipinski definition) is 1. The minimum atomic E-state index is -1.76. The van der Waals surface area contributed by atoms with Gasteiger partial charge in [-0.2, -0.15) is 5.26 Å². The Morgan fingerprint density at radius 3 is 2.00 bits per heavy atom. The molecule has 17 nitrogen and oxygen atoms in total. The van der Waals surface area contributed by atoms with Gasteiger partial charge in [0.15, 0.2) is 0 Å². The molecule has 0 bridgehead atoms. The van der Waals surface area contributed by atoms with Crippen molar-refractivity contribution in [1.82, 2.24) is 14.2 Å². The van der Waals surface area contributed by atoms with E-state index in [0.29, 0.717) is 68.6 Å².